The van der Waals surface area contributed by atoms with Gasteiger partial charge in [0.1, 0.15) is 0 Å². The van der Waals surface area contributed by atoms with Crippen LogP contribution in [-0.2, 0) is 0 Å². The molecule has 2 aromatic heterocycles. The molecule has 0 amide bonds. The van der Waals surface area contributed by atoms with Crippen LogP contribution in [0.5, 0.6) is 0 Å². The first-order valence-corrected chi connectivity index (χ1v) is 12.7. The number of benzene rings is 2. The number of anilines is 1. The molecule has 1 aliphatic rings. The van der Waals surface area contributed by atoms with Crippen LogP contribution in [0, 0.1) is 20.8 Å². The third-order valence-corrected chi connectivity index (χ3v) is 7.92. The van der Waals surface area contributed by atoms with Gasteiger partial charge in [-0.2, -0.15) is 0 Å². The van der Waals surface area contributed by atoms with Crippen LogP contribution in [0.4, 0.5) is 5.69 Å². The van der Waals surface area contributed by atoms with Crippen LogP contribution in [0.25, 0.3) is 5.69 Å². The fraction of sp³-hybridized carbons (Fsp3) is 0.185. The van der Waals surface area contributed by atoms with E-state index < -0.39 is 0 Å². The maximum Gasteiger partial charge on any atom is 0.174 e. The molecule has 1 saturated heterocycles. The number of nitrogens with one attached hydrogen (secondary N) is 1. The molecule has 1 N–H and O–H groups in total. The smallest absolute Gasteiger partial charge is 0.174 e. The lowest BCUT2D eigenvalue weighted by atomic mass is 9.96. The van der Waals surface area contributed by atoms with Crippen LogP contribution in [0.2, 0.25) is 5.02 Å². The third kappa shape index (κ3) is 3.94. The molecule has 172 valence electrons. The van der Waals surface area contributed by atoms with Crippen molar-refractivity contribution in [2.75, 3.05) is 4.90 Å². The minimum absolute atomic E-state index is 0.0783. The van der Waals surface area contributed by atoms with Crippen molar-refractivity contribution < 1.29 is 0 Å². The van der Waals surface area contributed by atoms with Crippen molar-refractivity contribution >= 4 is 50.5 Å². The maximum absolute atomic E-state index is 6.60. The molecule has 0 bridgehead atoms. The molecule has 2 aromatic carbocycles. The number of nitrogens with zero attached hydrogens (tertiary/aromatic N) is 3. The van der Waals surface area contributed by atoms with E-state index >= 15 is 0 Å². The summed E-state index contributed by atoms with van der Waals surface area (Å²) in [5.74, 6) is 0. The number of aromatic nitrogens is 2. The zero-order chi connectivity index (χ0) is 24.0. The molecule has 2 unspecified atom stereocenters. The molecule has 4 nitrogen and oxygen atoms in total. The van der Waals surface area contributed by atoms with Gasteiger partial charge in [-0.15, -0.1) is 0 Å². The first-order valence-electron chi connectivity index (χ1n) is 11.1. The van der Waals surface area contributed by atoms with Gasteiger partial charge in [0.2, 0.25) is 0 Å². The number of rotatable bonds is 4. The summed E-state index contributed by atoms with van der Waals surface area (Å²) in [6, 6.07) is 22.4. The highest BCUT2D eigenvalue weighted by Gasteiger charge is 2.42. The largest absolute Gasteiger partial charge is 0.351 e. The van der Waals surface area contributed by atoms with Crippen LogP contribution in [0.3, 0.4) is 0 Å². The Morgan fingerprint density at radius 1 is 1.00 bits per heavy atom. The van der Waals surface area contributed by atoms with Crippen LogP contribution >= 0.6 is 39.7 Å². The Bertz CT molecular complexity index is 1380. The lowest BCUT2D eigenvalue weighted by Crippen LogP contribution is -2.29. The molecule has 0 aliphatic carbocycles. The van der Waals surface area contributed by atoms with Gasteiger partial charge in [0, 0.05) is 27.7 Å². The van der Waals surface area contributed by atoms with Crippen LogP contribution in [0.15, 0.2) is 77.4 Å². The average molecular weight is 552 g/mol. The van der Waals surface area contributed by atoms with Crippen LogP contribution < -0.4 is 10.2 Å². The first kappa shape index (κ1) is 23.1. The monoisotopic (exact) mass is 550 g/mol. The summed E-state index contributed by atoms with van der Waals surface area (Å²) in [5.41, 5.74) is 7.55. The quantitative estimate of drug-likeness (QED) is 0.268. The second-order valence-corrected chi connectivity index (χ2v) is 10.2. The summed E-state index contributed by atoms with van der Waals surface area (Å²) < 4.78 is 3.29. The molecule has 0 radical (unpaired) electrons. The van der Waals surface area contributed by atoms with Crippen molar-refractivity contribution in [2.24, 2.45) is 0 Å². The highest BCUT2D eigenvalue weighted by molar-refractivity contribution is 9.10. The van der Waals surface area contributed by atoms with Crippen molar-refractivity contribution in [1.29, 1.82) is 0 Å². The van der Waals surface area contributed by atoms with E-state index in [1.54, 1.807) is 0 Å². The van der Waals surface area contributed by atoms with E-state index in [1.165, 1.54) is 5.56 Å². The number of aryl methyl sites for hydroxylation is 2. The lowest BCUT2D eigenvalue weighted by Gasteiger charge is -2.28. The second kappa shape index (κ2) is 9.17. The van der Waals surface area contributed by atoms with Crippen LogP contribution in [-0.4, -0.2) is 14.7 Å². The maximum atomic E-state index is 6.60. The van der Waals surface area contributed by atoms with Gasteiger partial charge in [-0.1, -0.05) is 45.7 Å². The van der Waals surface area contributed by atoms with Crippen molar-refractivity contribution in [3.05, 3.63) is 111 Å². The van der Waals surface area contributed by atoms with Gasteiger partial charge in [0.05, 0.1) is 28.5 Å². The van der Waals surface area contributed by atoms with E-state index in [0.29, 0.717) is 5.11 Å². The summed E-state index contributed by atoms with van der Waals surface area (Å²) in [6.07, 6.45) is 1.83. The number of para-hydroxylation sites is 1. The number of halogens is 2. The Hall–Kier alpha value is -2.67. The van der Waals surface area contributed by atoms with Crippen molar-refractivity contribution in [3.8, 4) is 5.69 Å². The first-order chi connectivity index (χ1) is 16.4. The summed E-state index contributed by atoms with van der Waals surface area (Å²) in [6.45, 7) is 6.35. The van der Waals surface area contributed by atoms with Gasteiger partial charge in [-0.25, -0.2) is 0 Å². The van der Waals surface area contributed by atoms with Crippen molar-refractivity contribution in [2.45, 2.75) is 32.9 Å². The predicted molar refractivity (Wildman–Crippen MR) is 147 cm³/mol. The molecule has 34 heavy (non-hydrogen) atoms. The van der Waals surface area contributed by atoms with E-state index in [0.717, 1.165) is 43.5 Å². The topological polar surface area (TPSA) is 33.1 Å². The zero-order valence-electron chi connectivity index (χ0n) is 19.1. The van der Waals surface area contributed by atoms with E-state index in [9.17, 15) is 0 Å². The van der Waals surface area contributed by atoms with Gasteiger partial charge in [0.25, 0.3) is 0 Å². The fourth-order valence-corrected chi connectivity index (χ4v) is 5.63. The van der Waals surface area contributed by atoms with Gasteiger partial charge >= 0.3 is 0 Å². The average Bonchev–Trinajstić information content (AvgIpc) is 3.32. The summed E-state index contributed by atoms with van der Waals surface area (Å²) in [5, 5.41) is 4.96. The normalized spacial score (nSPS) is 17.8. The standard InChI is InChI=1S/C27H24BrClN4S/c1-16-14-19(11-12-21(16)28)33-26(25(31-27(33)34)23-9-6-7-13-30-23)20-15-17(2)32(18(20)3)24-10-5-4-8-22(24)29/h4-15,25-26H,1-3H3,(H,31,34). The van der Waals surface area contributed by atoms with E-state index in [1.807, 2.05) is 36.5 Å². The molecule has 3 heterocycles. The van der Waals surface area contributed by atoms with E-state index in [-0.39, 0.29) is 12.1 Å². The van der Waals surface area contributed by atoms with Crippen molar-refractivity contribution in [3.63, 3.8) is 0 Å². The summed E-state index contributed by atoms with van der Waals surface area (Å²) in [7, 11) is 0. The molecule has 1 fully saturated rings. The molecule has 0 spiro atoms. The molecule has 1 aliphatic heterocycles. The van der Waals surface area contributed by atoms with Gasteiger partial charge in [-0.3, -0.25) is 4.98 Å². The number of thiocarbonyl (C=S) groups is 1. The Morgan fingerprint density at radius 2 is 1.76 bits per heavy atom. The second-order valence-electron chi connectivity index (χ2n) is 8.54. The van der Waals surface area contributed by atoms with Gasteiger partial charge in [-0.05, 0) is 92.6 Å². The third-order valence-electron chi connectivity index (χ3n) is 6.40. The highest BCUT2D eigenvalue weighted by Crippen LogP contribution is 2.44. The Balaban J connectivity index is 1.70. The highest BCUT2D eigenvalue weighted by atomic mass is 79.9. The van der Waals surface area contributed by atoms with E-state index in [2.05, 4.69) is 92.9 Å². The Labute approximate surface area is 218 Å². The molecular weight excluding hydrogens is 528 g/mol. The Morgan fingerprint density at radius 3 is 2.47 bits per heavy atom. The predicted octanol–water partition coefficient (Wildman–Crippen LogP) is 7.39. The number of hydrogen-bond acceptors (Lipinski definition) is 2. The van der Waals surface area contributed by atoms with Gasteiger partial charge in [0.15, 0.2) is 5.11 Å². The SMILES string of the molecule is Cc1cc(N2C(=S)NC(c3ccccn3)C2c2cc(C)n(-c3ccccc3Cl)c2C)ccc1Br. The van der Waals surface area contributed by atoms with Gasteiger partial charge < -0.3 is 14.8 Å². The summed E-state index contributed by atoms with van der Waals surface area (Å²) >= 11 is 16.1. The van der Waals surface area contributed by atoms with E-state index in [4.69, 9.17) is 23.8 Å². The minimum atomic E-state index is -0.0992. The molecule has 7 heteroatoms. The summed E-state index contributed by atoms with van der Waals surface area (Å²) in [4.78, 5) is 6.89. The van der Waals surface area contributed by atoms with Crippen molar-refractivity contribution in [1.82, 2.24) is 14.9 Å². The molecule has 4 aromatic rings. The number of pyridine rings is 1. The Kier molecular flexibility index (Phi) is 6.23. The molecule has 2 atom stereocenters. The molecule has 5 rings (SSSR count). The molecule has 0 saturated carbocycles. The zero-order valence-corrected chi connectivity index (χ0v) is 22.2. The number of hydrogen-bond donors (Lipinski definition) is 1. The minimum Gasteiger partial charge on any atom is -0.351 e. The fourth-order valence-electron chi connectivity index (χ4n) is 4.82. The lowest BCUT2D eigenvalue weighted by molar-refractivity contribution is 0.565. The molecular formula is C27H24BrClN4S. The van der Waals surface area contributed by atoms with Crippen LogP contribution in [0.1, 0.15) is 40.3 Å².